The molecule has 4 aromatic heterocycles. The van der Waals surface area contributed by atoms with Crippen molar-refractivity contribution in [2.45, 2.75) is 98.9 Å². The zero-order chi connectivity index (χ0) is 37.0. The maximum Gasteiger partial charge on any atom is 0.255 e. The number of carbonyl (C=O) groups excluding carboxylic acids is 2. The highest BCUT2D eigenvalue weighted by molar-refractivity contribution is 9.10. The first-order valence-electron chi connectivity index (χ1n) is 16.6. The number of rotatable bonds is 9. The fourth-order valence-corrected chi connectivity index (χ4v) is 5.90. The summed E-state index contributed by atoms with van der Waals surface area (Å²) in [6.45, 7) is 23.8. The molecule has 12 nitrogen and oxygen atoms in total. The van der Waals surface area contributed by atoms with Gasteiger partial charge in [0.15, 0.2) is 11.3 Å². The van der Waals surface area contributed by atoms with Crippen molar-refractivity contribution in [1.29, 1.82) is 0 Å². The van der Waals surface area contributed by atoms with Crippen molar-refractivity contribution in [2.75, 3.05) is 11.9 Å². The number of benzene rings is 1. The van der Waals surface area contributed by atoms with Crippen LogP contribution in [0.25, 0.3) is 22.3 Å². The van der Waals surface area contributed by atoms with Crippen LogP contribution in [0.15, 0.2) is 47.6 Å². The fraction of sp³-hybridized carbons (Fsp3) is 0.444. The van der Waals surface area contributed by atoms with Gasteiger partial charge >= 0.3 is 0 Å². The van der Waals surface area contributed by atoms with Crippen LogP contribution in [0, 0.1) is 13.8 Å². The second-order valence-corrected chi connectivity index (χ2v) is 22.2. The standard InChI is InChI=1S/C19H23N5O.C17H27BrN4O2Si/c1-11-6-7-14(12(2)8-11)22-15-10-21-17-16(23-15)13(9-20-17)18(25)24-19(3,4)5;1-17(2,3)21-16(23)12-10-22(11-24-7-8-25(4,5)6)15-14(12)20-13(18)9-19-15/h6-10H,1-5H3,(H,20,21)(H,22,23)(H,24,25);9-10H,7-8,11H2,1-6H3,(H,21,23). The van der Waals surface area contributed by atoms with Crippen molar-refractivity contribution in [3.05, 3.63) is 69.8 Å². The fourth-order valence-electron chi connectivity index (χ4n) is 4.87. The van der Waals surface area contributed by atoms with Gasteiger partial charge in [-0.25, -0.2) is 19.9 Å². The van der Waals surface area contributed by atoms with E-state index in [1.807, 2.05) is 65.2 Å². The summed E-state index contributed by atoms with van der Waals surface area (Å²) in [5.74, 6) is 0.270. The van der Waals surface area contributed by atoms with Gasteiger partial charge in [-0.2, -0.15) is 0 Å². The van der Waals surface area contributed by atoms with E-state index in [4.69, 9.17) is 4.74 Å². The minimum Gasteiger partial charge on any atom is -0.361 e. The lowest BCUT2D eigenvalue weighted by Crippen LogP contribution is -2.40. The minimum absolute atomic E-state index is 0.161. The predicted octanol–water partition coefficient (Wildman–Crippen LogP) is 7.88. The van der Waals surface area contributed by atoms with Gasteiger partial charge in [0, 0.05) is 43.8 Å². The summed E-state index contributed by atoms with van der Waals surface area (Å²) >= 11 is 3.33. The Morgan fingerprint density at radius 2 is 1.58 bits per heavy atom. The summed E-state index contributed by atoms with van der Waals surface area (Å²) < 4.78 is 8.26. The summed E-state index contributed by atoms with van der Waals surface area (Å²) in [7, 11) is -1.13. The Hall–Kier alpha value is -4.14. The Balaban J connectivity index is 0.000000225. The highest BCUT2D eigenvalue weighted by Crippen LogP contribution is 2.24. The lowest BCUT2D eigenvalue weighted by molar-refractivity contribution is 0.0884. The number of hydrogen-bond donors (Lipinski definition) is 4. The molecule has 0 aliphatic carbocycles. The molecular weight excluding hydrogens is 714 g/mol. The van der Waals surface area contributed by atoms with Crippen molar-refractivity contribution < 1.29 is 14.3 Å². The highest BCUT2D eigenvalue weighted by atomic mass is 79.9. The molecule has 268 valence electrons. The van der Waals surface area contributed by atoms with Gasteiger partial charge in [-0.05, 0) is 89.0 Å². The maximum atomic E-state index is 12.6. The number of aromatic nitrogens is 6. The van der Waals surface area contributed by atoms with Crippen molar-refractivity contribution in [3.63, 3.8) is 0 Å². The van der Waals surface area contributed by atoms with Crippen molar-refractivity contribution in [1.82, 2.24) is 40.1 Å². The van der Waals surface area contributed by atoms with Gasteiger partial charge in [0.05, 0.1) is 23.5 Å². The van der Waals surface area contributed by atoms with E-state index in [1.165, 1.54) is 5.56 Å². The van der Waals surface area contributed by atoms with Gasteiger partial charge in [-0.15, -0.1) is 0 Å². The van der Waals surface area contributed by atoms with E-state index in [-0.39, 0.29) is 22.9 Å². The smallest absolute Gasteiger partial charge is 0.255 e. The number of aromatic amines is 1. The Kier molecular flexibility index (Phi) is 11.9. The predicted molar refractivity (Wildman–Crippen MR) is 207 cm³/mol. The van der Waals surface area contributed by atoms with Crippen molar-refractivity contribution >= 4 is 69.7 Å². The van der Waals surface area contributed by atoms with Gasteiger partial charge in [0.2, 0.25) is 0 Å². The SMILES string of the molecule is CC(C)(C)NC(=O)c1cn(COCC[Si](C)(C)C)c2ncc(Br)nc12.Cc1ccc(Nc2cnc3[nH]cc(C(=O)NC(C)(C)C)c3n2)c(C)c1. The monoisotopic (exact) mass is 763 g/mol. The molecule has 1 aromatic carbocycles. The van der Waals surface area contributed by atoms with Crippen LogP contribution in [-0.2, 0) is 11.5 Å². The normalized spacial score (nSPS) is 12.1. The number of carbonyl (C=O) groups is 2. The molecule has 0 radical (unpaired) electrons. The molecule has 5 aromatic rings. The number of nitrogens with one attached hydrogen (secondary N) is 4. The van der Waals surface area contributed by atoms with Crippen LogP contribution >= 0.6 is 15.9 Å². The van der Waals surface area contributed by atoms with E-state index in [1.54, 1.807) is 24.8 Å². The van der Waals surface area contributed by atoms with E-state index < -0.39 is 8.07 Å². The molecule has 50 heavy (non-hydrogen) atoms. The number of nitrogens with zero attached hydrogens (tertiary/aromatic N) is 5. The number of hydrogen-bond acceptors (Lipinski definition) is 8. The zero-order valence-electron chi connectivity index (χ0n) is 31.0. The molecule has 0 atom stereocenters. The van der Waals surface area contributed by atoms with Crippen LogP contribution < -0.4 is 16.0 Å². The Labute approximate surface area is 303 Å². The molecule has 0 bridgehead atoms. The van der Waals surface area contributed by atoms with Crippen LogP contribution in [0.2, 0.25) is 25.7 Å². The topological polar surface area (TPSA) is 152 Å². The Bertz CT molecular complexity index is 1990. The number of H-pyrrole nitrogens is 1. The lowest BCUT2D eigenvalue weighted by Gasteiger charge is -2.20. The maximum absolute atomic E-state index is 12.6. The van der Waals surface area contributed by atoms with Gasteiger partial charge in [-0.1, -0.05) is 37.3 Å². The van der Waals surface area contributed by atoms with Crippen LogP contribution in [0.5, 0.6) is 0 Å². The highest BCUT2D eigenvalue weighted by Gasteiger charge is 2.23. The van der Waals surface area contributed by atoms with Gasteiger partial charge in [-0.3, -0.25) is 9.59 Å². The first-order chi connectivity index (χ1) is 23.2. The second-order valence-electron chi connectivity index (χ2n) is 15.7. The third-order valence-electron chi connectivity index (χ3n) is 7.25. The molecular formula is C36H50BrN9O3Si. The molecule has 0 unspecified atom stereocenters. The van der Waals surface area contributed by atoms with Crippen LogP contribution in [0.1, 0.15) is 73.4 Å². The molecule has 4 N–H and O–H groups in total. The molecule has 0 aliphatic rings. The largest absolute Gasteiger partial charge is 0.361 e. The first kappa shape index (κ1) is 38.7. The number of anilines is 2. The van der Waals surface area contributed by atoms with E-state index in [9.17, 15) is 9.59 Å². The molecule has 0 saturated carbocycles. The molecule has 0 spiro atoms. The number of halogens is 1. The molecule has 14 heteroatoms. The number of amides is 2. The van der Waals surface area contributed by atoms with Crippen molar-refractivity contribution in [3.8, 4) is 0 Å². The second kappa shape index (κ2) is 15.4. The van der Waals surface area contributed by atoms with E-state index >= 15 is 0 Å². The summed E-state index contributed by atoms with van der Waals surface area (Å²) in [6.07, 6.45) is 6.70. The third kappa shape index (κ3) is 10.9. The van der Waals surface area contributed by atoms with Gasteiger partial charge in [0.25, 0.3) is 11.8 Å². The summed E-state index contributed by atoms with van der Waals surface area (Å²) in [4.78, 5) is 45.9. The summed E-state index contributed by atoms with van der Waals surface area (Å²) in [5.41, 5.74) is 6.02. The number of aryl methyl sites for hydroxylation is 2. The van der Waals surface area contributed by atoms with Crippen LogP contribution in [0.4, 0.5) is 11.5 Å². The number of ether oxygens (including phenoxy) is 1. The summed E-state index contributed by atoms with van der Waals surface area (Å²) in [6, 6.07) is 7.26. The lowest BCUT2D eigenvalue weighted by atomic mass is 10.1. The Morgan fingerprint density at radius 3 is 2.20 bits per heavy atom. The molecule has 5 rings (SSSR count). The van der Waals surface area contributed by atoms with E-state index in [2.05, 4.69) is 89.4 Å². The molecule has 0 aliphatic heterocycles. The summed E-state index contributed by atoms with van der Waals surface area (Å²) in [5, 5.41) is 9.20. The molecule has 0 saturated heterocycles. The van der Waals surface area contributed by atoms with Crippen LogP contribution in [-0.4, -0.2) is 67.1 Å². The third-order valence-corrected chi connectivity index (χ3v) is 9.34. The zero-order valence-corrected chi connectivity index (χ0v) is 33.6. The van der Waals surface area contributed by atoms with E-state index in [0.29, 0.717) is 57.2 Å². The molecule has 0 fully saturated rings. The average Bonchev–Trinajstić information content (AvgIpc) is 3.56. The molecule has 4 heterocycles. The molecule has 2 amide bonds. The van der Waals surface area contributed by atoms with Gasteiger partial charge in [0.1, 0.15) is 28.2 Å². The quantitative estimate of drug-likeness (QED) is 0.0875. The first-order valence-corrected chi connectivity index (χ1v) is 21.1. The number of fused-ring (bicyclic) bond motifs is 2. The van der Waals surface area contributed by atoms with E-state index in [0.717, 1.165) is 17.3 Å². The van der Waals surface area contributed by atoms with Gasteiger partial charge < -0.3 is 30.2 Å². The minimum atomic E-state index is -1.13. The van der Waals surface area contributed by atoms with Crippen LogP contribution in [0.3, 0.4) is 0 Å². The Morgan fingerprint density at radius 1 is 0.920 bits per heavy atom. The van der Waals surface area contributed by atoms with Crippen molar-refractivity contribution in [2.24, 2.45) is 0 Å². The average molecular weight is 765 g/mol.